The molecule has 0 heterocycles. The van der Waals surface area contributed by atoms with E-state index in [0.717, 1.165) is 6.08 Å². The number of nitro benzene ring substituents is 1. The minimum Gasteiger partial charge on any atom is -0.497 e. The van der Waals surface area contributed by atoms with Crippen LogP contribution in [0.3, 0.4) is 0 Å². The van der Waals surface area contributed by atoms with E-state index in [1.54, 1.807) is 24.3 Å². The summed E-state index contributed by atoms with van der Waals surface area (Å²) in [6, 6.07) is 10.5. The summed E-state index contributed by atoms with van der Waals surface area (Å²) >= 11 is 5.71. The van der Waals surface area contributed by atoms with Gasteiger partial charge in [-0.15, -0.1) is 0 Å². The van der Waals surface area contributed by atoms with Crippen LogP contribution in [0.15, 0.2) is 48.5 Å². The SMILES string of the molecule is COc1ccc(C(=O)COC(=O)/C=C/c2ccc(Cl)c([N+](=O)[O-])c2)cc1. The summed E-state index contributed by atoms with van der Waals surface area (Å²) in [5.41, 5.74) is 0.521. The van der Waals surface area contributed by atoms with Crippen LogP contribution in [0, 0.1) is 10.1 Å². The molecular weight excluding hydrogens is 362 g/mol. The molecule has 0 saturated heterocycles. The van der Waals surface area contributed by atoms with Gasteiger partial charge >= 0.3 is 5.97 Å². The van der Waals surface area contributed by atoms with Crippen LogP contribution in [0.5, 0.6) is 5.75 Å². The second-order valence-electron chi connectivity index (χ2n) is 5.06. The minimum atomic E-state index is -0.746. The zero-order valence-electron chi connectivity index (χ0n) is 13.7. The van der Waals surface area contributed by atoms with Crippen molar-refractivity contribution in [2.45, 2.75) is 0 Å². The van der Waals surface area contributed by atoms with E-state index < -0.39 is 17.5 Å². The molecule has 0 spiro atoms. The maximum absolute atomic E-state index is 11.9. The van der Waals surface area contributed by atoms with Gasteiger partial charge in [0.2, 0.25) is 0 Å². The number of hydrogen-bond acceptors (Lipinski definition) is 6. The lowest BCUT2D eigenvalue weighted by molar-refractivity contribution is -0.384. The molecule has 0 fully saturated rings. The fourth-order valence-corrected chi connectivity index (χ4v) is 2.17. The van der Waals surface area contributed by atoms with Gasteiger partial charge in [-0.2, -0.15) is 0 Å². The van der Waals surface area contributed by atoms with Crippen LogP contribution in [0.1, 0.15) is 15.9 Å². The van der Waals surface area contributed by atoms with E-state index >= 15 is 0 Å². The quantitative estimate of drug-likeness (QED) is 0.241. The summed E-state index contributed by atoms with van der Waals surface area (Å²) in [7, 11) is 1.51. The molecule has 0 radical (unpaired) electrons. The van der Waals surface area contributed by atoms with Gasteiger partial charge < -0.3 is 9.47 Å². The maximum Gasteiger partial charge on any atom is 0.331 e. The predicted octanol–water partition coefficient (Wildman–Crippen LogP) is 3.70. The Kier molecular flexibility index (Phi) is 6.46. The Balaban J connectivity index is 1.93. The number of benzene rings is 2. The van der Waals surface area contributed by atoms with Crippen molar-refractivity contribution in [3.8, 4) is 5.75 Å². The summed E-state index contributed by atoms with van der Waals surface area (Å²) in [6.07, 6.45) is 2.41. The fourth-order valence-electron chi connectivity index (χ4n) is 1.98. The van der Waals surface area contributed by atoms with Crippen molar-refractivity contribution in [2.75, 3.05) is 13.7 Å². The van der Waals surface area contributed by atoms with Gasteiger partial charge in [-0.1, -0.05) is 17.7 Å². The van der Waals surface area contributed by atoms with E-state index in [2.05, 4.69) is 0 Å². The van der Waals surface area contributed by atoms with Crippen molar-refractivity contribution in [2.24, 2.45) is 0 Å². The molecular formula is C18H14ClNO6. The number of carbonyl (C=O) groups is 2. The van der Waals surface area contributed by atoms with Crippen LogP contribution < -0.4 is 4.74 Å². The first kappa shape index (κ1) is 19.1. The van der Waals surface area contributed by atoms with Gasteiger partial charge in [-0.05, 0) is 42.0 Å². The monoisotopic (exact) mass is 375 g/mol. The Morgan fingerprint density at radius 1 is 1.19 bits per heavy atom. The average molecular weight is 376 g/mol. The number of halogens is 1. The molecule has 0 aliphatic carbocycles. The molecule has 0 N–H and O–H groups in total. The molecule has 0 unspecified atom stereocenters. The third-order valence-electron chi connectivity index (χ3n) is 3.34. The Morgan fingerprint density at radius 2 is 1.88 bits per heavy atom. The van der Waals surface area contributed by atoms with E-state index in [-0.39, 0.29) is 16.5 Å². The lowest BCUT2D eigenvalue weighted by atomic mass is 10.1. The molecule has 0 amide bonds. The van der Waals surface area contributed by atoms with Crippen LogP contribution in [-0.2, 0) is 9.53 Å². The van der Waals surface area contributed by atoms with Gasteiger partial charge in [0.1, 0.15) is 10.8 Å². The first-order valence-corrected chi connectivity index (χ1v) is 7.74. The van der Waals surface area contributed by atoms with Crippen LogP contribution in [0.4, 0.5) is 5.69 Å². The van der Waals surface area contributed by atoms with E-state index in [1.807, 2.05) is 0 Å². The summed E-state index contributed by atoms with van der Waals surface area (Å²) < 4.78 is 9.87. The molecule has 0 saturated carbocycles. The highest BCUT2D eigenvalue weighted by atomic mass is 35.5. The lowest BCUT2D eigenvalue weighted by Gasteiger charge is -2.03. The molecule has 8 heteroatoms. The number of nitro groups is 1. The van der Waals surface area contributed by atoms with E-state index in [0.29, 0.717) is 16.9 Å². The van der Waals surface area contributed by atoms with Crippen molar-refractivity contribution in [3.05, 3.63) is 74.8 Å². The minimum absolute atomic E-state index is 0.000171. The van der Waals surface area contributed by atoms with Crippen molar-refractivity contribution in [1.82, 2.24) is 0 Å². The Morgan fingerprint density at radius 3 is 2.50 bits per heavy atom. The van der Waals surface area contributed by atoms with Crippen LogP contribution in [0.25, 0.3) is 6.08 Å². The number of methoxy groups -OCH3 is 1. The molecule has 26 heavy (non-hydrogen) atoms. The van der Waals surface area contributed by atoms with Crippen LogP contribution in [0.2, 0.25) is 5.02 Å². The number of ether oxygens (including phenoxy) is 2. The van der Waals surface area contributed by atoms with Crippen LogP contribution in [-0.4, -0.2) is 30.4 Å². The van der Waals surface area contributed by atoms with E-state index in [1.165, 1.54) is 31.4 Å². The number of hydrogen-bond donors (Lipinski definition) is 0. The first-order valence-electron chi connectivity index (χ1n) is 7.36. The molecule has 2 aromatic rings. The zero-order valence-corrected chi connectivity index (χ0v) is 14.4. The second kappa shape index (κ2) is 8.77. The summed E-state index contributed by atoms with van der Waals surface area (Å²) in [6.45, 7) is -0.420. The van der Waals surface area contributed by atoms with Gasteiger partial charge in [0, 0.05) is 17.7 Å². The number of rotatable bonds is 7. The Hall–Kier alpha value is -3.19. The van der Waals surface area contributed by atoms with Crippen molar-refractivity contribution in [1.29, 1.82) is 0 Å². The standard InChI is InChI=1S/C18H14ClNO6/c1-25-14-6-4-13(5-7-14)17(21)11-26-18(22)9-3-12-2-8-15(19)16(10-12)20(23)24/h2-10H,11H2,1H3/b9-3+. The van der Waals surface area contributed by atoms with Gasteiger partial charge in [-0.3, -0.25) is 14.9 Å². The highest BCUT2D eigenvalue weighted by Gasteiger charge is 2.12. The normalized spacial score (nSPS) is 10.5. The predicted molar refractivity (Wildman–Crippen MR) is 95.4 cm³/mol. The number of esters is 1. The number of carbonyl (C=O) groups excluding carboxylic acids is 2. The van der Waals surface area contributed by atoms with Gasteiger partial charge in [0.25, 0.3) is 5.69 Å². The molecule has 0 aliphatic heterocycles. The summed E-state index contributed by atoms with van der Waals surface area (Å²) in [4.78, 5) is 33.9. The average Bonchev–Trinajstić information content (AvgIpc) is 2.65. The maximum atomic E-state index is 11.9. The number of nitrogens with zero attached hydrogens (tertiary/aromatic N) is 1. The van der Waals surface area contributed by atoms with Crippen molar-refractivity contribution >= 4 is 35.1 Å². The van der Waals surface area contributed by atoms with Gasteiger partial charge in [0.05, 0.1) is 12.0 Å². The summed E-state index contributed by atoms with van der Waals surface area (Å²) in [5, 5.41) is 10.8. The van der Waals surface area contributed by atoms with Gasteiger partial charge in [0.15, 0.2) is 12.4 Å². The molecule has 7 nitrogen and oxygen atoms in total. The molecule has 134 valence electrons. The third-order valence-corrected chi connectivity index (χ3v) is 3.66. The fraction of sp³-hybridized carbons (Fsp3) is 0.111. The first-order chi connectivity index (χ1) is 12.4. The van der Waals surface area contributed by atoms with E-state index in [9.17, 15) is 19.7 Å². The van der Waals surface area contributed by atoms with Crippen molar-refractivity contribution in [3.63, 3.8) is 0 Å². The topological polar surface area (TPSA) is 95.7 Å². The van der Waals surface area contributed by atoms with Gasteiger partial charge in [-0.25, -0.2) is 4.79 Å². The highest BCUT2D eigenvalue weighted by molar-refractivity contribution is 6.32. The highest BCUT2D eigenvalue weighted by Crippen LogP contribution is 2.25. The zero-order chi connectivity index (χ0) is 19.1. The summed E-state index contributed by atoms with van der Waals surface area (Å²) in [5.74, 6) is -0.500. The molecule has 0 aliphatic rings. The second-order valence-corrected chi connectivity index (χ2v) is 5.47. The van der Waals surface area contributed by atoms with E-state index in [4.69, 9.17) is 21.1 Å². The van der Waals surface area contributed by atoms with Crippen molar-refractivity contribution < 1.29 is 24.0 Å². The molecule has 0 aromatic heterocycles. The molecule has 2 aromatic carbocycles. The Bertz CT molecular complexity index is 860. The lowest BCUT2D eigenvalue weighted by Crippen LogP contribution is -2.12. The van der Waals surface area contributed by atoms with Crippen LogP contribution >= 0.6 is 11.6 Å². The largest absolute Gasteiger partial charge is 0.497 e. The molecule has 0 atom stereocenters. The molecule has 2 rings (SSSR count). The number of Topliss-reactive ketones (excluding diaryl/α,β-unsaturated/α-hetero) is 1. The molecule has 0 bridgehead atoms. The third kappa shape index (κ3) is 5.15. The number of ketones is 1. The smallest absolute Gasteiger partial charge is 0.331 e. The Labute approximate surface area is 153 Å².